The molecule has 1 fully saturated rings. The Morgan fingerprint density at radius 1 is 1.36 bits per heavy atom. The number of nitrogens with one attached hydrogen (secondary N) is 1. The van der Waals surface area contributed by atoms with Crippen LogP contribution in [0.15, 0.2) is 36.5 Å². The Bertz CT molecular complexity index is 758. The van der Waals surface area contributed by atoms with Gasteiger partial charge in [-0.1, -0.05) is 11.6 Å². The van der Waals surface area contributed by atoms with E-state index in [0.29, 0.717) is 17.4 Å². The quantitative estimate of drug-likeness (QED) is 0.896. The van der Waals surface area contributed by atoms with Gasteiger partial charge in [0.1, 0.15) is 5.82 Å². The van der Waals surface area contributed by atoms with Crippen molar-refractivity contribution in [3.8, 4) is 0 Å². The number of benzene rings is 1. The first-order valence-electron chi connectivity index (χ1n) is 8.47. The minimum Gasteiger partial charge on any atom is -0.396 e. The maximum absolute atomic E-state index is 13.9. The van der Waals surface area contributed by atoms with Crippen LogP contribution in [0.1, 0.15) is 28.8 Å². The van der Waals surface area contributed by atoms with Crippen LogP contribution in [0.4, 0.5) is 15.9 Å². The number of rotatable bonds is 4. The minimum atomic E-state index is -0.544. The summed E-state index contributed by atoms with van der Waals surface area (Å²) in [5, 5.41) is 12.1. The lowest BCUT2D eigenvalue weighted by atomic mass is 9.98. The number of nitrogens with zero attached hydrogens (tertiary/aromatic N) is 2. The molecule has 3 rings (SSSR count). The van der Waals surface area contributed by atoms with Gasteiger partial charge in [0.05, 0.1) is 11.3 Å². The van der Waals surface area contributed by atoms with Gasteiger partial charge in [0.2, 0.25) is 0 Å². The Morgan fingerprint density at radius 3 is 2.84 bits per heavy atom. The van der Waals surface area contributed by atoms with E-state index in [-0.39, 0.29) is 12.2 Å². The van der Waals surface area contributed by atoms with Crippen molar-refractivity contribution < 1.29 is 14.3 Å². The maximum atomic E-state index is 13.9. The van der Waals surface area contributed by atoms with Crippen molar-refractivity contribution in [2.24, 2.45) is 5.92 Å². The summed E-state index contributed by atoms with van der Waals surface area (Å²) in [6.07, 6.45) is 3.44. The van der Waals surface area contributed by atoms with Crippen molar-refractivity contribution in [3.05, 3.63) is 53.5 Å². The molecule has 1 aromatic carbocycles. The van der Waals surface area contributed by atoms with Crippen LogP contribution in [-0.4, -0.2) is 35.7 Å². The van der Waals surface area contributed by atoms with E-state index >= 15 is 0 Å². The van der Waals surface area contributed by atoms with Crippen molar-refractivity contribution in [2.75, 3.05) is 29.9 Å². The molecule has 1 aliphatic heterocycles. The van der Waals surface area contributed by atoms with E-state index in [1.165, 1.54) is 12.1 Å². The Labute approximate surface area is 146 Å². The standard InChI is InChI=1S/C19H22FN3O2/c1-13-4-5-16(20)15(11-13)19(25)22-17-3-2-8-21-18(17)23-9-6-14(12-24)7-10-23/h2-5,8,11,14,24H,6-7,9-10,12H2,1H3,(H,22,25). The predicted molar refractivity (Wildman–Crippen MR) is 95.4 cm³/mol. The third-order valence-corrected chi connectivity index (χ3v) is 4.57. The average molecular weight is 343 g/mol. The number of aliphatic hydroxyl groups excluding tert-OH is 1. The molecule has 1 saturated heterocycles. The number of aromatic nitrogens is 1. The lowest BCUT2D eigenvalue weighted by molar-refractivity contribution is 0.102. The molecule has 25 heavy (non-hydrogen) atoms. The van der Waals surface area contributed by atoms with Crippen LogP contribution in [0.5, 0.6) is 0 Å². The highest BCUT2D eigenvalue weighted by Crippen LogP contribution is 2.28. The zero-order chi connectivity index (χ0) is 17.8. The zero-order valence-corrected chi connectivity index (χ0v) is 14.2. The number of hydrogen-bond donors (Lipinski definition) is 2. The second kappa shape index (κ2) is 7.61. The van der Waals surface area contributed by atoms with E-state index in [4.69, 9.17) is 0 Å². The number of anilines is 2. The second-order valence-electron chi connectivity index (χ2n) is 6.42. The highest BCUT2D eigenvalue weighted by molar-refractivity contribution is 6.05. The normalized spacial score (nSPS) is 15.2. The molecule has 0 aliphatic carbocycles. The second-order valence-corrected chi connectivity index (χ2v) is 6.42. The third-order valence-electron chi connectivity index (χ3n) is 4.57. The fraction of sp³-hybridized carbons (Fsp3) is 0.368. The van der Waals surface area contributed by atoms with Crippen LogP contribution >= 0.6 is 0 Å². The molecule has 1 aliphatic rings. The SMILES string of the molecule is Cc1ccc(F)c(C(=O)Nc2cccnc2N2CCC(CO)CC2)c1. The summed E-state index contributed by atoms with van der Waals surface area (Å²) >= 11 is 0. The number of hydrogen-bond acceptors (Lipinski definition) is 4. The zero-order valence-electron chi connectivity index (χ0n) is 14.2. The molecule has 5 nitrogen and oxygen atoms in total. The van der Waals surface area contributed by atoms with Crippen LogP contribution in [0.2, 0.25) is 0 Å². The number of amides is 1. The molecule has 2 N–H and O–H groups in total. The van der Waals surface area contributed by atoms with Crippen LogP contribution in [-0.2, 0) is 0 Å². The van der Waals surface area contributed by atoms with E-state index in [1.807, 2.05) is 6.92 Å². The van der Waals surface area contributed by atoms with Crippen LogP contribution in [0.25, 0.3) is 0 Å². The largest absolute Gasteiger partial charge is 0.396 e. The molecular weight excluding hydrogens is 321 g/mol. The predicted octanol–water partition coefficient (Wildman–Crippen LogP) is 2.99. The molecule has 0 radical (unpaired) electrons. The van der Waals surface area contributed by atoms with Gasteiger partial charge in [-0.25, -0.2) is 9.37 Å². The molecule has 0 spiro atoms. The van der Waals surface area contributed by atoms with Gasteiger partial charge in [0.15, 0.2) is 5.82 Å². The lowest BCUT2D eigenvalue weighted by Crippen LogP contribution is -2.36. The van der Waals surface area contributed by atoms with Crippen LogP contribution in [0, 0.1) is 18.7 Å². The van der Waals surface area contributed by atoms with Gasteiger partial charge < -0.3 is 15.3 Å². The summed E-state index contributed by atoms with van der Waals surface area (Å²) in [7, 11) is 0. The number of carbonyl (C=O) groups excluding carboxylic acids is 1. The Balaban J connectivity index is 1.79. The van der Waals surface area contributed by atoms with Gasteiger partial charge in [-0.3, -0.25) is 4.79 Å². The fourth-order valence-corrected chi connectivity index (χ4v) is 3.08. The topological polar surface area (TPSA) is 65.5 Å². The first-order valence-corrected chi connectivity index (χ1v) is 8.47. The minimum absolute atomic E-state index is 0.0220. The highest BCUT2D eigenvalue weighted by atomic mass is 19.1. The lowest BCUT2D eigenvalue weighted by Gasteiger charge is -2.33. The third kappa shape index (κ3) is 3.96. The molecule has 0 atom stereocenters. The van der Waals surface area contributed by atoms with E-state index in [9.17, 15) is 14.3 Å². The maximum Gasteiger partial charge on any atom is 0.258 e. The van der Waals surface area contributed by atoms with Gasteiger partial charge in [0, 0.05) is 25.9 Å². The Hall–Kier alpha value is -2.47. The van der Waals surface area contributed by atoms with Crippen LogP contribution < -0.4 is 10.2 Å². The van der Waals surface area contributed by atoms with E-state index in [2.05, 4.69) is 15.2 Å². The summed E-state index contributed by atoms with van der Waals surface area (Å²) in [4.78, 5) is 19.0. The van der Waals surface area contributed by atoms with Crippen molar-refractivity contribution in [1.82, 2.24) is 4.98 Å². The van der Waals surface area contributed by atoms with Crippen molar-refractivity contribution in [3.63, 3.8) is 0 Å². The van der Waals surface area contributed by atoms with E-state index < -0.39 is 11.7 Å². The van der Waals surface area contributed by atoms with Gasteiger partial charge in [-0.05, 0) is 49.9 Å². The Kier molecular flexibility index (Phi) is 5.28. The summed E-state index contributed by atoms with van der Waals surface area (Å²) in [5.41, 5.74) is 1.41. The first kappa shape index (κ1) is 17.4. The van der Waals surface area contributed by atoms with Crippen molar-refractivity contribution >= 4 is 17.4 Å². The summed E-state index contributed by atoms with van der Waals surface area (Å²) in [6.45, 7) is 3.55. The van der Waals surface area contributed by atoms with Crippen molar-refractivity contribution in [1.29, 1.82) is 0 Å². The van der Waals surface area contributed by atoms with Crippen LogP contribution in [0.3, 0.4) is 0 Å². The van der Waals surface area contributed by atoms with Crippen molar-refractivity contribution in [2.45, 2.75) is 19.8 Å². The molecule has 1 amide bonds. The molecule has 2 aromatic rings. The van der Waals surface area contributed by atoms with Gasteiger partial charge in [-0.15, -0.1) is 0 Å². The molecule has 0 bridgehead atoms. The highest BCUT2D eigenvalue weighted by Gasteiger charge is 2.22. The summed E-state index contributed by atoms with van der Waals surface area (Å²) in [6, 6.07) is 7.98. The molecule has 6 heteroatoms. The number of carbonyl (C=O) groups is 1. The van der Waals surface area contributed by atoms with Gasteiger partial charge >= 0.3 is 0 Å². The first-order chi connectivity index (χ1) is 12.1. The number of pyridine rings is 1. The average Bonchev–Trinajstić information content (AvgIpc) is 2.64. The number of aliphatic hydroxyl groups is 1. The Morgan fingerprint density at radius 2 is 2.12 bits per heavy atom. The molecule has 0 saturated carbocycles. The van der Waals surface area contributed by atoms with Gasteiger partial charge in [-0.2, -0.15) is 0 Å². The number of aryl methyl sites for hydroxylation is 1. The fourth-order valence-electron chi connectivity index (χ4n) is 3.08. The van der Waals surface area contributed by atoms with E-state index in [0.717, 1.165) is 31.5 Å². The number of piperidine rings is 1. The molecule has 0 unspecified atom stereocenters. The van der Waals surface area contributed by atoms with Gasteiger partial charge in [0.25, 0.3) is 5.91 Å². The molecule has 1 aromatic heterocycles. The van der Waals surface area contributed by atoms with E-state index in [1.54, 1.807) is 24.4 Å². The monoisotopic (exact) mass is 343 g/mol. The number of halogens is 1. The molecule has 132 valence electrons. The smallest absolute Gasteiger partial charge is 0.258 e. The molecular formula is C19H22FN3O2. The summed E-state index contributed by atoms with van der Waals surface area (Å²) in [5.74, 6) is -0.0299. The summed E-state index contributed by atoms with van der Waals surface area (Å²) < 4.78 is 13.9. The molecule has 2 heterocycles.